The number of carbonyl (C=O) groups excluding carboxylic acids is 4. The molecule has 109 heavy (non-hydrogen) atoms. The van der Waals surface area contributed by atoms with Crippen LogP contribution in [0.15, 0.2) is 141 Å². The lowest BCUT2D eigenvalue weighted by Crippen LogP contribution is -2.45. The van der Waals surface area contributed by atoms with E-state index in [1.54, 1.807) is 60.1 Å². The van der Waals surface area contributed by atoms with Gasteiger partial charge in [0.2, 0.25) is 23.3 Å². The summed E-state index contributed by atoms with van der Waals surface area (Å²) < 4.78 is 188. The van der Waals surface area contributed by atoms with Crippen LogP contribution in [0.4, 0.5) is 11.4 Å². The molecule has 9 rings (SSSR count). The lowest BCUT2D eigenvalue weighted by Gasteiger charge is -2.26. The molecule has 3 aliphatic rings. The van der Waals surface area contributed by atoms with Gasteiger partial charge in [-0.15, -0.1) is 0 Å². The van der Waals surface area contributed by atoms with E-state index in [9.17, 15) is 76.3 Å². The van der Waals surface area contributed by atoms with E-state index in [0.717, 1.165) is 5.70 Å². The number of benzene rings is 6. The first-order valence-corrected chi connectivity index (χ1v) is 40.2. The highest BCUT2D eigenvalue weighted by molar-refractivity contribution is 7.87. The molecule has 35 heteroatoms. The van der Waals surface area contributed by atoms with Gasteiger partial charge < -0.3 is 58.3 Å². The molecule has 0 aliphatic carbocycles. The van der Waals surface area contributed by atoms with Crippen molar-refractivity contribution in [1.29, 1.82) is 0 Å². The Kier molecular flexibility index (Phi) is 27.0. The number of hydrogen-bond acceptors (Lipinski definition) is 22. The molecule has 31 nitrogen and oxygen atoms in total. The molecule has 8 N–H and O–H groups in total. The second-order valence-corrected chi connectivity index (χ2v) is 32.2. The van der Waals surface area contributed by atoms with Gasteiger partial charge in [0.15, 0.2) is 28.7 Å². The van der Waals surface area contributed by atoms with Crippen LogP contribution in [0.1, 0.15) is 93.8 Å². The number of nitrogens with one attached hydrogen (secondary N) is 3. The van der Waals surface area contributed by atoms with Crippen LogP contribution < -0.4 is 44.7 Å². The Labute approximate surface area is 632 Å². The van der Waals surface area contributed by atoms with Gasteiger partial charge in [0, 0.05) is 95.4 Å². The zero-order chi connectivity index (χ0) is 79.6. The first kappa shape index (κ1) is 83.7. The summed E-state index contributed by atoms with van der Waals surface area (Å²) in [7, 11) is -14.1. The summed E-state index contributed by atoms with van der Waals surface area (Å²) in [6, 6.07) is 16.2. The summed E-state index contributed by atoms with van der Waals surface area (Å²) in [5.74, 6) is -0.666. The summed E-state index contributed by atoms with van der Waals surface area (Å²) in [6.07, 6.45) is 13.7. The lowest BCUT2D eigenvalue weighted by atomic mass is 9.79. The van der Waals surface area contributed by atoms with Crippen molar-refractivity contribution in [3.63, 3.8) is 0 Å². The second-order valence-electron chi connectivity index (χ2n) is 26.6. The molecule has 4 amide bonds. The number of ether oxygens (including phenoxy) is 8. The molecule has 6 aromatic rings. The van der Waals surface area contributed by atoms with Crippen LogP contribution in [0.25, 0.3) is 27.6 Å². The molecule has 2 atom stereocenters. The standard InChI is InChI=1S/C74H88N6O25S4/c1-10-78-55-24-22-51-53(41-49(106(86,87)88)43-62(51)108(92,93)94)68(55)73(2,3)64(78)17-13-11-14-18-65-74(4,5)69-54-42-50(107(89,90)91)44-63(109(95,96)97)52(54)23-25-56(69)79(65)29-16-12-15-19-66(81)75-28-30-102-31-32-103-33-34-104-35-36-105-70-60(100-8)38-47(39-61(70)101-9)72(84)80-45-48(40-57(80)71(83)77-85)76-67(82)27-21-46-20-26-58(98-6)59(37-46)99-7/h11,13-14,17-18,20-27,37-39,41-44,48,57H,10,12,15-16,19,28-36,40,45H2,1-9H3,(H7-,75,76,77,81,82,83,85,86,87,88,89,90,91,92,93,94,95,96,97)/p+1/b27-21+/t48-,57+/m1/s1. The van der Waals surface area contributed by atoms with Gasteiger partial charge in [0.25, 0.3) is 52.3 Å². The summed E-state index contributed by atoms with van der Waals surface area (Å²) in [6.45, 7) is 11.7. The van der Waals surface area contributed by atoms with E-state index < -0.39 is 101 Å². The maximum atomic E-state index is 14.0. The molecule has 1 fully saturated rings. The number of rotatable bonds is 36. The zero-order valence-corrected chi connectivity index (χ0v) is 64.7. The molecular weight excluding hydrogens is 1500 g/mol. The van der Waals surface area contributed by atoms with E-state index in [1.165, 1.54) is 75.8 Å². The maximum absolute atomic E-state index is 14.0. The Hall–Kier alpha value is -9.37. The van der Waals surface area contributed by atoms with Crippen LogP contribution in [-0.4, -0.2) is 209 Å². The minimum absolute atomic E-state index is 0.00713. The van der Waals surface area contributed by atoms with Gasteiger partial charge in [0.1, 0.15) is 29.0 Å². The fourth-order valence-corrected chi connectivity index (χ4v) is 16.6. The minimum atomic E-state index is -5.02. The number of methoxy groups -OCH3 is 4. The summed E-state index contributed by atoms with van der Waals surface area (Å²) in [5, 5.41) is 15.6. The van der Waals surface area contributed by atoms with Crippen molar-refractivity contribution < 1.29 is 119 Å². The number of likely N-dealkylation sites (N-methyl/N-ethyl adjacent to an activating group) is 1. The number of hydroxylamine groups is 1. The third kappa shape index (κ3) is 19.3. The van der Waals surface area contributed by atoms with Gasteiger partial charge in [-0.25, -0.2) is 5.48 Å². The van der Waals surface area contributed by atoms with E-state index in [2.05, 4.69) is 10.6 Å². The second kappa shape index (κ2) is 35.1. The van der Waals surface area contributed by atoms with E-state index in [4.69, 9.17) is 37.9 Å². The Bertz CT molecular complexity index is 5110. The van der Waals surface area contributed by atoms with Crippen LogP contribution in [-0.2, 0) is 79.9 Å². The normalized spacial score (nSPS) is 16.8. The average molecular weight is 1590 g/mol. The number of hydrogen-bond donors (Lipinski definition) is 8. The Morgan fingerprint density at radius 2 is 1.18 bits per heavy atom. The highest BCUT2D eigenvalue weighted by Crippen LogP contribution is 2.52. The fraction of sp³-hybridized carbons (Fsp3) is 0.392. The molecule has 0 aromatic heterocycles. The van der Waals surface area contributed by atoms with Crippen molar-refractivity contribution in [1.82, 2.24) is 21.0 Å². The Balaban J connectivity index is 0.738. The van der Waals surface area contributed by atoms with Gasteiger partial charge in [-0.1, -0.05) is 44.2 Å². The highest BCUT2D eigenvalue weighted by Gasteiger charge is 2.47. The molecule has 0 unspecified atom stereocenters. The molecule has 0 spiro atoms. The Morgan fingerprint density at radius 1 is 0.606 bits per heavy atom. The van der Waals surface area contributed by atoms with Crippen LogP contribution in [0.2, 0.25) is 0 Å². The number of anilines is 1. The van der Waals surface area contributed by atoms with Crippen molar-refractivity contribution in [2.75, 3.05) is 106 Å². The third-order valence-corrected chi connectivity index (χ3v) is 22.4. The molecule has 3 heterocycles. The van der Waals surface area contributed by atoms with Crippen molar-refractivity contribution in [3.8, 4) is 28.7 Å². The Morgan fingerprint density at radius 3 is 1.75 bits per heavy atom. The molecule has 6 aromatic carbocycles. The quantitative estimate of drug-likeness (QED) is 0.00352. The number of unbranched alkanes of at least 4 members (excludes halogenated alkanes) is 2. The van der Waals surface area contributed by atoms with Crippen molar-refractivity contribution in [2.24, 2.45) is 0 Å². The molecule has 0 saturated carbocycles. The smallest absolute Gasteiger partial charge is 0.295 e. The SMILES string of the molecule is CCN1\C(=C/C=C/C=C/C2=[N+](CCCCCC(=O)NCCOCCOCCOCCOc3c(OC)cc(C(=O)N4C[C@H](NC(=O)/C=C/c5ccc(OC)c(OC)c5)C[C@H]4C(=O)NO)cc3OC)c3ccc4c(S(=O)(=O)O)cc(S(=O)(=O)O)cc4c3C2(C)C)C(C)(C)c2c1ccc1c(S(=O)(=O)O)cc(S(=O)(=O)O)cc21. The van der Waals surface area contributed by atoms with Gasteiger partial charge >= 0.3 is 0 Å². The van der Waals surface area contributed by atoms with Crippen LogP contribution in [0.5, 0.6) is 28.7 Å². The van der Waals surface area contributed by atoms with Gasteiger partial charge in [-0.05, 0) is 135 Å². The summed E-state index contributed by atoms with van der Waals surface area (Å²) in [5.41, 5.74) is 4.18. The van der Waals surface area contributed by atoms with E-state index in [0.29, 0.717) is 89.8 Å². The van der Waals surface area contributed by atoms with Gasteiger partial charge in [0.05, 0.1) is 83.3 Å². The predicted octanol–water partition coefficient (Wildman–Crippen LogP) is 7.93. The highest BCUT2D eigenvalue weighted by atomic mass is 32.2. The van der Waals surface area contributed by atoms with E-state index >= 15 is 0 Å². The topological polar surface area (TPSA) is 425 Å². The zero-order valence-electron chi connectivity index (χ0n) is 61.4. The lowest BCUT2D eigenvalue weighted by molar-refractivity contribution is -0.438. The number of fused-ring (bicyclic) bond motifs is 6. The molecule has 0 bridgehead atoms. The fourth-order valence-electron chi connectivity index (χ4n) is 13.9. The van der Waals surface area contributed by atoms with E-state index in [1.807, 2.05) is 56.2 Å². The first-order valence-electron chi connectivity index (χ1n) is 34.5. The molecule has 588 valence electrons. The molecule has 3 aliphatic heterocycles. The number of allylic oxidation sites excluding steroid dienone is 6. The average Bonchev–Trinajstić information content (AvgIpc) is 1.59. The van der Waals surface area contributed by atoms with E-state index in [-0.39, 0.29) is 122 Å². The molecule has 1 saturated heterocycles. The summed E-state index contributed by atoms with van der Waals surface area (Å²) >= 11 is 0. The third-order valence-electron chi connectivity index (χ3n) is 18.9. The largest absolute Gasteiger partial charge is 0.493 e. The molecular formula is C74H89N6O25S4+. The minimum Gasteiger partial charge on any atom is -0.493 e. The first-order chi connectivity index (χ1) is 51.5. The molecule has 0 radical (unpaired) electrons. The van der Waals surface area contributed by atoms with Gasteiger partial charge in [-0.3, -0.25) is 42.6 Å². The van der Waals surface area contributed by atoms with Crippen molar-refractivity contribution in [3.05, 3.63) is 143 Å². The van der Waals surface area contributed by atoms with Crippen molar-refractivity contribution in [2.45, 2.75) is 109 Å². The van der Waals surface area contributed by atoms with Crippen molar-refractivity contribution >= 4 is 109 Å². The van der Waals surface area contributed by atoms with Crippen LogP contribution in [0.3, 0.4) is 0 Å². The number of nitrogens with zero attached hydrogens (tertiary/aromatic N) is 3. The summed E-state index contributed by atoms with van der Waals surface area (Å²) in [4.78, 5) is 53.2. The number of carbonyl (C=O) groups is 4. The van der Waals surface area contributed by atoms with Gasteiger partial charge in [-0.2, -0.15) is 38.2 Å². The predicted molar refractivity (Wildman–Crippen MR) is 401 cm³/mol. The number of amides is 4. The monoisotopic (exact) mass is 1590 g/mol. The van der Waals surface area contributed by atoms with Crippen LogP contribution in [0, 0.1) is 0 Å². The maximum Gasteiger partial charge on any atom is 0.295 e. The number of likely N-dealkylation sites (tertiary alicyclic amines) is 1. The van der Waals surface area contributed by atoms with Crippen LogP contribution >= 0.6 is 0 Å².